The third-order valence-corrected chi connectivity index (χ3v) is 7.54. The monoisotopic (exact) mass is 511 g/mol. The van der Waals surface area contributed by atoms with Crippen molar-refractivity contribution in [2.45, 2.75) is 24.1 Å². The van der Waals surface area contributed by atoms with E-state index in [0.717, 1.165) is 18.3 Å². The summed E-state index contributed by atoms with van der Waals surface area (Å²) in [5, 5.41) is 10.2. The number of nitrogens with zero attached hydrogens (tertiary/aromatic N) is 2. The summed E-state index contributed by atoms with van der Waals surface area (Å²) in [6, 6.07) is 1.13. The zero-order chi connectivity index (χ0) is 23.8. The minimum atomic E-state index is -5.80. The lowest BCUT2D eigenvalue weighted by Gasteiger charge is -2.28. The van der Waals surface area contributed by atoms with Gasteiger partial charge in [0.25, 0.3) is 0 Å². The Labute approximate surface area is 172 Å². The average Bonchev–Trinajstić information content (AvgIpc) is 2.82. The van der Waals surface area contributed by atoms with Crippen LogP contribution in [0.15, 0.2) is 29.7 Å². The summed E-state index contributed by atoms with van der Waals surface area (Å²) in [7, 11) is -17.0. The molecular weight excluding hydrogens is 494 g/mol. The molecule has 1 aliphatic heterocycles. The zero-order valence-electron chi connectivity index (χ0n) is 15.1. The van der Waals surface area contributed by atoms with Crippen LogP contribution in [-0.2, 0) is 31.6 Å². The molecule has 1 aromatic heterocycles. The van der Waals surface area contributed by atoms with E-state index in [2.05, 4.69) is 24.7 Å². The molecule has 0 aromatic carbocycles. The summed E-state index contributed by atoms with van der Waals surface area (Å²) in [5.41, 5.74) is 2.00. The molecule has 31 heavy (non-hydrogen) atoms. The van der Waals surface area contributed by atoms with Crippen molar-refractivity contribution in [2.24, 2.45) is 0 Å². The molecular formula is C11H17FN3O13P3. The van der Waals surface area contributed by atoms with Crippen molar-refractivity contribution >= 4 is 29.3 Å². The van der Waals surface area contributed by atoms with Crippen molar-refractivity contribution in [3.05, 3.63) is 35.4 Å². The Kier molecular flexibility index (Phi) is 7.45. The summed E-state index contributed by atoms with van der Waals surface area (Å²) in [4.78, 5) is 50.9. The van der Waals surface area contributed by atoms with E-state index in [0.29, 0.717) is 4.57 Å². The van der Waals surface area contributed by atoms with Crippen LogP contribution < -0.4 is 11.4 Å². The second kappa shape index (κ2) is 8.90. The maximum atomic E-state index is 14.7. The number of hydrogen-bond donors (Lipinski definition) is 6. The molecule has 0 amide bonds. The van der Waals surface area contributed by atoms with Crippen LogP contribution in [0.3, 0.4) is 0 Å². The molecule has 0 saturated carbocycles. The van der Waals surface area contributed by atoms with E-state index in [1.165, 1.54) is 0 Å². The summed E-state index contributed by atoms with van der Waals surface area (Å²) in [6.45, 7) is 2.06. The fourth-order valence-corrected chi connectivity index (χ4v) is 5.51. The van der Waals surface area contributed by atoms with Gasteiger partial charge in [-0.1, -0.05) is 6.08 Å². The first-order chi connectivity index (χ1) is 14.0. The normalized spacial score (nSPS) is 30.5. The Morgan fingerprint density at radius 2 is 1.90 bits per heavy atom. The van der Waals surface area contributed by atoms with Gasteiger partial charge in [0.1, 0.15) is 17.5 Å². The third-order valence-electron chi connectivity index (χ3n) is 3.76. The number of anilines is 1. The molecule has 20 heteroatoms. The lowest BCUT2D eigenvalue weighted by Crippen LogP contribution is -2.44. The molecule has 1 aliphatic rings. The maximum absolute atomic E-state index is 14.7. The second-order valence-electron chi connectivity index (χ2n) is 5.96. The number of hydrogen-bond acceptors (Lipinski definition) is 11. The predicted octanol–water partition coefficient (Wildman–Crippen LogP) is -0.679. The van der Waals surface area contributed by atoms with Gasteiger partial charge in [-0.3, -0.25) is 9.09 Å². The molecule has 0 aliphatic carbocycles. The highest BCUT2D eigenvalue weighted by molar-refractivity contribution is 7.66. The molecule has 0 spiro atoms. The zero-order valence-corrected chi connectivity index (χ0v) is 17.8. The molecule has 2 unspecified atom stereocenters. The number of phosphoric ester groups is 1. The summed E-state index contributed by atoms with van der Waals surface area (Å²) < 4.78 is 65.8. The first kappa shape index (κ1) is 25.9. The van der Waals surface area contributed by atoms with Gasteiger partial charge in [-0.2, -0.15) is 13.6 Å². The van der Waals surface area contributed by atoms with Crippen LogP contribution in [-0.4, -0.2) is 58.7 Å². The first-order valence-corrected chi connectivity index (χ1v) is 12.3. The lowest BCUT2D eigenvalue weighted by molar-refractivity contribution is -0.0964. The summed E-state index contributed by atoms with van der Waals surface area (Å²) in [6.07, 6.45) is -4.48. The van der Waals surface area contributed by atoms with E-state index in [4.69, 9.17) is 25.2 Å². The summed E-state index contributed by atoms with van der Waals surface area (Å²) >= 11 is 0. The summed E-state index contributed by atoms with van der Waals surface area (Å²) in [5.74, 6) is -0.183. The van der Waals surface area contributed by atoms with Crippen molar-refractivity contribution in [1.82, 2.24) is 9.55 Å². The highest BCUT2D eigenvalue weighted by Gasteiger charge is 2.56. The predicted molar refractivity (Wildman–Crippen MR) is 96.7 cm³/mol. The Morgan fingerprint density at radius 3 is 2.42 bits per heavy atom. The topological polar surface area (TPSA) is 250 Å². The largest absolute Gasteiger partial charge is 0.490 e. The second-order valence-corrected chi connectivity index (χ2v) is 10.4. The van der Waals surface area contributed by atoms with Crippen LogP contribution in [0.5, 0.6) is 0 Å². The SMILES string of the molecule is C=C[C@]1(COP(=O)(O)OP(=O)(O)OP(=O)(O)O)O[C@@H](n2ccc(N)nc2=O)[C@@H](F)[C@@H]1O. The number of aromatic nitrogens is 2. The first-order valence-electron chi connectivity index (χ1n) is 7.77. The van der Waals surface area contributed by atoms with E-state index in [1.54, 1.807) is 0 Å². The van der Waals surface area contributed by atoms with Gasteiger partial charge >= 0.3 is 29.2 Å². The van der Waals surface area contributed by atoms with Crippen molar-refractivity contribution in [3.63, 3.8) is 0 Å². The highest BCUT2D eigenvalue weighted by Crippen LogP contribution is 2.66. The minimum absolute atomic E-state index is 0.183. The van der Waals surface area contributed by atoms with E-state index in [9.17, 15) is 32.9 Å². The van der Waals surface area contributed by atoms with Crippen LogP contribution in [0.2, 0.25) is 0 Å². The number of aliphatic hydroxyl groups is 1. The van der Waals surface area contributed by atoms with E-state index in [-0.39, 0.29) is 5.82 Å². The maximum Gasteiger partial charge on any atom is 0.490 e. The standard InChI is InChI=1S/C11H17FN3O13P3/c1-2-11(5-25-30(21,22)28-31(23,24)27-29(18,19)20)8(16)7(12)9(26-11)15-4-3-6(13)14-10(15)17/h2-4,7-9,16H,1,5H2,(H,21,22)(H,23,24)(H2,13,14,17)(H2,18,19,20)/t7-,8-,9+,11+/m0/s1. The Balaban J connectivity index is 2.21. The van der Waals surface area contributed by atoms with Crippen molar-refractivity contribution in [3.8, 4) is 0 Å². The van der Waals surface area contributed by atoms with Gasteiger partial charge < -0.3 is 35.2 Å². The van der Waals surface area contributed by atoms with Crippen LogP contribution in [0.4, 0.5) is 10.2 Å². The van der Waals surface area contributed by atoms with Gasteiger partial charge in [0.2, 0.25) is 0 Å². The number of alkyl halides is 1. The molecule has 2 rings (SSSR count). The van der Waals surface area contributed by atoms with Crippen LogP contribution in [0.25, 0.3) is 0 Å². The van der Waals surface area contributed by atoms with Gasteiger partial charge in [0.05, 0.1) is 6.61 Å². The number of phosphoric acid groups is 3. The van der Waals surface area contributed by atoms with Crippen molar-refractivity contribution in [1.29, 1.82) is 0 Å². The van der Waals surface area contributed by atoms with Gasteiger partial charge in [-0.15, -0.1) is 6.58 Å². The Morgan fingerprint density at radius 1 is 1.29 bits per heavy atom. The lowest BCUT2D eigenvalue weighted by atomic mass is 9.97. The van der Waals surface area contributed by atoms with Crippen LogP contribution in [0.1, 0.15) is 6.23 Å². The molecule has 1 saturated heterocycles. The number of halogens is 1. The molecule has 7 N–H and O–H groups in total. The number of nitrogens with two attached hydrogens (primary N) is 1. The quantitative estimate of drug-likeness (QED) is 0.177. The molecule has 0 radical (unpaired) electrons. The number of rotatable bonds is 9. The van der Waals surface area contributed by atoms with E-state index in [1.807, 2.05) is 0 Å². The van der Waals surface area contributed by atoms with Crippen molar-refractivity contribution < 1.29 is 60.6 Å². The fourth-order valence-electron chi connectivity index (χ4n) is 2.45. The molecule has 16 nitrogen and oxygen atoms in total. The minimum Gasteiger partial charge on any atom is -0.386 e. The number of nitrogen functional groups attached to an aromatic ring is 1. The average molecular weight is 511 g/mol. The Hall–Kier alpha value is -1.32. The van der Waals surface area contributed by atoms with E-state index >= 15 is 0 Å². The molecule has 1 aromatic rings. The fraction of sp³-hybridized carbons (Fsp3) is 0.455. The van der Waals surface area contributed by atoms with Crippen LogP contribution >= 0.6 is 23.5 Å². The third kappa shape index (κ3) is 6.35. The van der Waals surface area contributed by atoms with Gasteiger partial charge in [0, 0.05) is 6.20 Å². The molecule has 6 atom stereocenters. The molecule has 0 bridgehead atoms. The highest BCUT2D eigenvalue weighted by atomic mass is 31.3. The number of aliphatic hydroxyl groups excluding tert-OH is 1. The Bertz CT molecular complexity index is 1050. The van der Waals surface area contributed by atoms with Crippen molar-refractivity contribution in [2.75, 3.05) is 12.3 Å². The smallest absolute Gasteiger partial charge is 0.386 e. The van der Waals surface area contributed by atoms with Crippen LogP contribution in [0, 0.1) is 0 Å². The van der Waals surface area contributed by atoms with Gasteiger partial charge in [-0.25, -0.2) is 22.9 Å². The number of ether oxygens (including phenoxy) is 1. The van der Waals surface area contributed by atoms with E-state index < -0.39 is 59.9 Å². The molecule has 2 heterocycles. The molecule has 1 fully saturated rings. The molecule has 176 valence electrons. The van der Waals surface area contributed by atoms with Gasteiger partial charge in [0.15, 0.2) is 12.4 Å². The van der Waals surface area contributed by atoms with Gasteiger partial charge in [-0.05, 0) is 6.07 Å².